The summed E-state index contributed by atoms with van der Waals surface area (Å²) < 4.78 is 0. The Morgan fingerprint density at radius 2 is 1.96 bits per heavy atom. The summed E-state index contributed by atoms with van der Waals surface area (Å²) in [5.41, 5.74) is 8.98. The number of fused-ring (bicyclic) bond motifs is 2. The topological polar surface area (TPSA) is 24.9 Å². The van der Waals surface area contributed by atoms with E-state index in [-0.39, 0.29) is 0 Å². The van der Waals surface area contributed by atoms with Crippen molar-refractivity contribution >= 4 is 17.7 Å². The molecule has 1 aromatic heterocycles. The summed E-state index contributed by atoms with van der Waals surface area (Å²) in [6.07, 6.45) is 8.41. The van der Waals surface area contributed by atoms with Crippen molar-refractivity contribution in [3.05, 3.63) is 70.0 Å². The maximum absolute atomic E-state index is 4.73. The molecule has 0 radical (unpaired) electrons. The van der Waals surface area contributed by atoms with Gasteiger partial charge >= 0.3 is 0 Å². The van der Waals surface area contributed by atoms with Crippen LogP contribution in [0.3, 0.4) is 0 Å². The normalized spacial score (nSPS) is 14.9. The molecule has 0 unspecified atom stereocenters. The fourth-order valence-corrected chi connectivity index (χ4v) is 3.23. The summed E-state index contributed by atoms with van der Waals surface area (Å²) in [4.78, 5) is 4.73. The number of hydrogen-bond donors (Lipinski definition) is 1. The summed E-state index contributed by atoms with van der Waals surface area (Å²) in [5, 5.41) is 3.27. The Balaban J connectivity index is 2.28. The molecule has 2 aromatic rings. The minimum absolute atomic E-state index is 0.990. The lowest BCUT2D eigenvalue weighted by atomic mass is 9.89. The molecule has 1 heterocycles. The Morgan fingerprint density at radius 1 is 1.13 bits per heavy atom. The highest BCUT2D eigenvalue weighted by Crippen LogP contribution is 2.36. The molecule has 0 fully saturated rings. The van der Waals surface area contributed by atoms with Crippen LogP contribution in [-0.4, -0.2) is 18.6 Å². The second-order valence-electron chi connectivity index (χ2n) is 6.05. The van der Waals surface area contributed by atoms with Crippen molar-refractivity contribution in [2.75, 3.05) is 13.6 Å². The van der Waals surface area contributed by atoms with Crippen LogP contribution < -0.4 is 5.32 Å². The molecule has 0 spiro atoms. The number of nitrogens with one attached hydrogen (secondary N) is 1. The largest absolute Gasteiger partial charge is 0.319 e. The van der Waals surface area contributed by atoms with E-state index in [1.165, 1.54) is 33.4 Å². The predicted octanol–water partition coefficient (Wildman–Crippen LogP) is 4.70. The molecule has 1 aromatic carbocycles. The van der Waals surface area contributed by atoms with Gasteiger partial charge in [-0.1, -0.05) is 54.5 Å². The molecule has 2 nitrogen and oxygen atoms in total. The maximum Gasteiger partial charge on any atom is 0.0780 e. The van der Waals surface area contributed by atoms with Crippen LogP contribution >= 0.6 is 0 Å². The highest BCUT2D eigenvalue weighted by atomic mass is 14.8. The Morgan fingerprint density at radius 3 is 2.74 bits per heavy atom. The predicted molar refractivity (Wildman–Crippen MR) is 99.2 cm³/mol. The standard InChI is InChI=1S/C21H24N2/c1-4-16(11-13-22-3)20-19-10-7-15(2)14-18(19)9-8-17-6-5-12-23-21(17)20/h5-10,12,14,22H,4,11,13H2,1-3H3/b20-16+. The van der Waals surface area contributed by atoms with E-state index in [2.05, 4.69) is 55.6 Å². The van der Waals surface area contributed by atoms with Crippen molar-refractivity contribution in [2.24, 2.45) is 0 Å². The van der Waals surface area contributed by atoms with Crippen LogP contribution in [0.25, 0.3) is 17.7 Å². The maximum atomic E-state index is 4.73. The van der Waals surface area contributed by atoms with Crippen molar-refractivity contribution in [2.45, 2.75) is 26.7 Å². The van der Waals surface area contributed by atoms with E-state index < -0.39 is 0 Å². The van der Waals surface area contributed by atoms with Gasteiger partial charge in [-0.2, -0.15) is 0 Å². The molecule has 0 amide bonds. The third-order valence-electron chi connectivity index (χ3n) is 4.45. The molecule has 0 saturated heterocycles. The summed E-state index contributed by atoms with van der Waals surface area (Å²) in [5.74, 6) is 0. The van der Waals surface area contributed by atoms with E-state index in [9.17, 15) is 0 Å². The second kappa shape index (κ2) is 6.93. The molecular formula is C21H24N2. The van der Waals surface area contributed by atoms with E-state index in [1.54, 1.807) is 0 Å². The summed E-state index contributed by atoms with van der Waals surface area (Å²) >= 11 is 0. The molecule has 1 aliphatic rings. The number of hydrogen-bond acceptors (Lipinski definition) is 2. The molecule has 1 aliphatic carbocycles. The molecule has 2 heteroatoms. The summed E-state index contributed by atoms with van der Waals surface area (Å²) in [6, 6.07) is 10.9. The number of rotatable bonds is 4. The van der Waals surface area contributed by atoms with Crippen molar-refractivity contribution in [3.63, 3.8) is 0 Å². The fraction of sp³-hybridized carbons (Fsp3) is 0.286. The molecular weight excluding hydrogens is 280 g/mol. The number of benzene rings is 1. The van der Waals surface area contributed by atoms with Crippen molar-refractivity contribution in [1.29, 1.82) is 0 Å². The smallest absolute Gasteiger partial charge is 0.0780 e. The summed E-state index contributed by atoms with van der Waals surface area (Å²) in [6.45, 7) is 5.38. The summed E-state index contributed by atoms with van der Waals surface area (Å²) in [7, 11) is 2.01. The zero-order valence-corrected chi connectivity index (χ0v) is 14.2. The van der Waals surface area contributed by atoms with Crippen LogP contribution in [-0.2, 0) is 0 Å². The molecule has 0 bridgehead atoms. The molecule has 0 saturated carbocycles. The van der Waals surface area contributed by atoms with Crippen LogP contribution in [0, 0.1) is 6.92 Å². The van der Waals surface area contributed by atoms with E-state index in [0.717, 1.165) is 25.1 Å². The lowest BCUT2D eigenvalue weighted by Gasteiger charge is -2.17. The number of pyridine rings is 1. The molecule has 1 N–H and O–H groups in total. The van der Waals surface area contributed by atoms with E-state index in [1.807, 2.05) is 19.3 Å². The number of aryl methyl sites for hydroxylation is 1. The average molecular weight is 304 g/mol. The molecule has 0 aliphatic heterocycles. The van der Waals surface area contributed by atoms with Crippen LogP contribution in [0.2, 0.25) is 0 Å². The fourth-order valence-electron chi connectivity index (χ4n) is 3.23. The van der Waals surface area contributed by atoms with Gasteiger partial charge in [0.05, 0.1) is 5.69 Å². The first-order chi connectivity index (χ1) is 11.2. The van der Waals surface area contributed by atoms with Gasteiger partial charge in [-0.25, -0.2) is 0 Å². The zero-order chi connectivity index (χ0) is 16.2. The van der Waals surface area contributed by atoms with Crippen molar-refractivity contribution < 1.29 is 0 Å². The lowest BCUT2D eigenvalue weighted by Crippen LogP contribution is -2.10. The lowest BCUT2D eigenvalue weighted by molar-refractivity contribution is 0.769. The van der Waals surface area contributed by atoms with Crippen LogP contribution in [0.4, 0.5) is 0 Å². The highest BCUT2D eigenvalue weighted by molar-refractivity contribution is 5.93. The Kier molecular flexibility index (Phi) is 4.73. The van der Waals surface area contributed by atoms with Crippen molar-refractivity contribution in [1.82, 2.24) is 10.3 Å². The van der Waals surface area contributed by atoms with Gasteiger partial charge in [-0.15, -0.1) is 0 Å². The van der Waals surface area contributed by atoms with Crippen LogP contribution in [0.15, 0.2) is 42.1 Å². The number of aromatic nitrogens is 1. The third kappa shape index (κ3) is 3.13. The Bertz CT molecular complexity index is 769. The van der Waals surface area contributed by atoms with Gasteiger partial charge in [0.2, 0.25) is 0 Å². The molecule has 0 atom stereocenters. The highest BCUT2D eigenvalue weighted by Gasteiger charge is 2.19. The Hall–Kier alpha value is -2.19. The Labute approximate surface area is 139 Å². The molecule has 3 rings (SSSR count). The molecule has 118 valence electrons. The third-order valence-corrected chi connectivity index (χ3v) is 4.45. The van der Waals surface area contributed by atoms with E-state index in [4.69, 9.17) is 4.98 Å². The zero-order valence-electron chi connectivity index (χ0n) is 14.2. The van der Waals surface area contributed by atoms with Gasteiger partial charge in [0, 0.05) is 17.3 Å². The first-order valence-electron chi connectivity index (χ1n) is 8.35. The van der Waals surface area contributed by atoms with Crippen LogP contribution in [0.5, 0.6) is 0 Å². The van der Waals surface area contributed by atoms with Gasteiger partial charge in [0.15, 0.2) is 0 Å². The minimum atomic E-state index is 0.990. The van der Waals surface area contributed by atoms with Crippen LogP contribution in [0.1, 0.15) is 47.7 Å². The van der Waals surface area contributed by atoms with Gasteiger partial charge in [-0.3, -0.25) is 4.98 Å². The van der Waals surface area contributed by atoms with E-state index in [0.29, 0.717) is 0 Å². The second-order valence-corrected chi connectivity index (χ2v) is 6.05. The SMILES string of the molecule is CC/C(CCNC)=C1/c2ccc(C)cc2C=Cc2cccnc21. The van der Waals surface area contributed by atoms with Gasteiger partial charge in [0.25, 0.3) is 0 Å². The molecule has 23 heavy (non-hydrogen) atoms. The number of nitrogens with zero attached hydrogens (tertiary/aromatic N) is 1. The van der Waals surface area contributed by atoms with Gasteiger partial charge in [-0.05, 0) is 50.6 Å². The van der Waals surface area contributed by atoms with Gasteiger partial charge < -0.3 is 5.32 Å². The average Bonchev–Trinajstić information content (AvgIpc) is 2.73. The minimum Gasteiger partial charge on any atom is -0.319 e. The quantitative estimate of drug-likeness (QED) is 0.756. The first kappa shape index (κ1) is 15.7. The monoisotopic (exact) mass is 304 g/mol. The first-order valence-corrected chi connectivity index (χ1v) is 8.35. The van der Waals surface area contributed by atoms with Crippen molar-refractivity contribution in [3.8, 4) is 0 Å². The van der Waals surface area contributed by atoms with Gasteiger partial charge in [0.1, 0.15) is 0 Å². The van der Waals surface area contributed by atoms with E-state index >= 15 is 0 Å².